The van der Waals surface area contributed by atoms with Crippen LogP contribution in [0.15, 0.2) is 41.8 Å². The summed E-state index contributed by atoms with van der Waals surface area (Å²) < 4.78 is 0. The van der Waals surface area contributed by atoms with Gasteiger partial charge in [0, 0.05) is 30.1 Å². The maximum atomic E-state index is 13.8. The lowest BCUT2D eigenvalue weighted by Gasteiger charge is -2.43. The number of thiophene rings is 1. The van der Waals surface area contributed by atoms with E-state index in [9.17, 15) is 9.59 Å². The molecule has 0 saturated carbocycles. The number of hydrogen-bond donors (Lipinski definition) is 0. The zero-order valence-corrected chi connectivity index (χ0v) is 17.5. The molecule has 2 aromatic rings. The molecule has 2 atom stereocenters. The fraction of sp³-hybridized carbons (Fsp3) is 0.478. The molecular formula is C23H28N2O2S. The van der Waals surface area contributed by atoms with E-state index in [0.29, 0.717) is 18.0 Å². The first-order chi connectivity index (χ1) is 13.6. The lowest BCUT2D eigenvalue weighted by atomic mass is 9.80. The highest BCUT2D eigenvalue weighted by Crippen LogP contribution is 2.45. The SMILES string of the molecule is CC(C)CN1C(=O)c2ccccc2[C@H](C(=O)N2CCCCC2)[C@H]1c1cccs1. The van der Waals surface area contributed by atoms with E-state index in [1.807, 2.05) is 45.5 Å². The predicted molar refractivity (Wildman–Crippen MR) is 113 cm³/mol. The molecule has 1 aromatic heterocycles. The summed E-state index contributed by atoms with van der Waals surface area (Å²) in [6.45, 7) is 6.56. The number of fused-ring (bicyclic) bond motifs is 1. The van der Waals surface area contributed by atoms with E-state index in [1.165, 1.54) is 6.42 Å². The predicted octanol–water partition coefficient (Wildman–Crippen LogP) is 4.70. The van der Waals surface area contributed by atoms with Gasteiger partial charge in [-0.1, -0.05) is 38.1 Å². The average Bonchev–Trinajstić information content (AvgIpc) is 3.24. The maximum absolute atomic E-state index is 13.8. The minimum Gasteiger partial charge on any atom is -0.342 e. The first-order valence-corrected chi connectivity index (χ1v) is 11.2. The molecule has 0 radical (unpaired) electrons. The van der Waals surface area contributed by atoms with Crippen LogP contribution < -0.4 is 0 Å². The second kappa shape index (κ2) is 8.08. The molecule has 148 valence electrons. The standard InChI is InChI=1S/C23H28N2O2S/c1-16(2)15-25-21(19-11-8-14-28-19)20(23(27)24-12-6-3-7-13-24)17-9-4-5-10-18(17)22(25)26/h4-5,8-11,14,16,20-21H,3,6-7,12-13,15H2,1-2H3/t20-,21+/m0/s1. The highest BCUT2D eigenvalue weighted by atomic mass is 32.1. The van der Waals surface area contributed by atoms with Gasteiger partial charge in [-0.2, -0.15) is 0 Å². The van der Waals surface area contributed by atoms with Gasteiger partial charge in [-0.05, 0) is 48.3 Å². The number of benzene rings is 1. The minimum atomic E-state index is -0.329. The molecule has 1 saturated heterocycles. The Morgan fingerprint density at radius 1 is 1.11 bits per heavy atom. The highest BCUT2D eigenvalue weighted by molar-refractivity contribution is 7.10. The summed E-state index contributed by atoms with van der Waals surface area (Å²) in [4.78, 5) is 32.2. The van der Waals surface area contributed by atoms with Crippen LogP contribution in [0.2, 0.25) is 0 Å². The number of nitrogens with zero attached hydrogens (tertiary/aromatic N) is 2. The topological polar surface area (TPSA) is 40.6 Å². The van der Waals surface area contributed by atoms with E-state index in [2.05, 4.69) is 19.9 Å². The van der Waals surface area contributed by atoms with Crippen LogP contribution in [0.1, 0.15) is 65.9 Å². The van der Waals surface area contributed by atoms with Gasteiger partial charge < -0.3 is 9.80 Å². The number of amides is 2. The first-order valence-electron chi connectivity index (χ1n) is 10.3. The van der Waals surface area contributed by atoms with Crippen molar-refractivity contribution in [3.8, 4) is 0 Å². The van der Waals surface area contributed by atoms with Crippen LogP contribution in [-0.4, -0.2) is 41.2 Å². The second-order valence-corrected chi connectivity index (χ2v) is 9.24. The Morgan fingerprint density at radius 2 is 1.86 bits per heavy atom. The molecule has 0 N–H and O–H groups in total. The summed E-state index contributed by atoms with van der Waals surface area (Å²) >= 11 is 1.64. The van der Waals surface area contributed by atoms with Crippen LogP contribution in [0.5, 0.6) is 0 Å². The number of likely N-dealkylation sites (tertiary alicyclic amines) is 1. The molecule has 2 aliphatic heterocycles. The van der Waals surface area contributed by atoms with Crippen LogP contribution in [0.25, 0.3) is 0 Å². The van der Waals surface area contributed by atoms with Crippen molar-refractivity contribution >= 4 is 23.2 Å². The van der Waals surface area contributed by atoms with Crippen LogP contribution in [0.4, 0.5) is 0 Å². The molecule has 4 nitrogen and oxygen atoms in total. The minimum absolute atomic E-state index is 0.0467. The van der Waals surface area contributed by atoms with Gasteiger partial charge in [0.15, 0.2) is 0 Å². The number of carbonyl (C=O) groups is 2. The molecule has 0 spiro atoms. The number of carbonyl (C=O) groups excluding carboxylic acids is 2. The Bertz CT molecular complexity index is 840. The fourth-order valence-electron chi connectivity index (χ4n) is 4.54. The van der Waals surface area contributed by atoms with Gasteiger partial charge in [0.25, 0.3) is 5.91 Å². The van der Waals surface area contributed by atoms with Crippen molar-refractivity contribution in [2.75, 3.05) is 19.6 Å². The lowest BCUT2D eigenvalue weighted by Crippen LogP contribution is -2.50. The van der Waals surface area contributed by atoms with E-state index in [0.717, 1.165) is 36.4 Å². The van der Waals surface area contributed by atoms with E-state index in [-0.39, 0.29) is 23.8 Å². The third-order valence-electron chi connectivity index (χ3n) is 5.77. The van der Waals surface area contributed by atoms with E-state index in [1.54, 1.807) is 11.3 Å². The third kappa shape index (κ3) is 3.48. The molecule has 2 aliphatic rings. The second-order valence-electron chi connectivity index (χ2n) is 8.26. The van der Waals surface area contributed by atoms with Gasteiger partial charge in [-0.15, -0.1) is 11.3 Å². The summed E-state index contributed by atoms with van der Waals surface area (Å²) in [5, 5.41) is 2.04. The van der Waals surface area contributed by atoms with Crippen LogP contribution in [0, 0.1) is 5.92 Å². The van der Waals surface area contributed by atoms with Crippen molar-refractivity contribution in [2.24, 2.45) is 5.92 Å². The number of hydrogen-bond acceptors (Lipinski definition) is 3. The van der Waals surface area contributed by atoms with Gasteiger partial charge in [-0.25, -0.2) is 0 Å². The molecule has 2 amide bonds. The van der Waals surface area contributed by atoms with Gasteiger partial charge in [0.2, 0.25) is 5.91 Å². The molecule has 28 heavy (non-hydrogen) atoms. The summed E-state index contributed by atoms with van der Waals surface area (Å²) in [6, 6.07) is 11.6. The molecule has 1 fully saturated rings. The quantitative estimate of drug-likeness (QED) is 0.752. The van der Waals surface area contributed by atoms with Crippen molar-refractivity contribution in [3.05, 3.63) is 57.8 Å². The molecule has 0 bridgehead atoms. The maximum Gasteiger partial charge on any atom is 0.254 e. The first kappa shape index (κ1) is 19.2. The van der Waals surface area contributed by atoms with Crippen molar-refractivity contribution in [1.29, 1.82) is 0 Å². The van der Waals surface area contributed by atoms with E-state index in [4.69, 9.17) is 0 Å². The van der Waals surface area contributed by atoms with Crippen LogP contribution in [0.3, 0.4) is 0 Å². The van der Waals surface area contributed by atoms with E-state index >= 15 is 0 Å². The van der Waals surface area contributed by atoms with Crippen molar-refractivity contribution in [3.63, 3.8) is 0 Å². The monoisotopic (exact) mass is 396 g/mol. The molecule has 1 aromatic carbocycles. The van der Waals surface area contributed by atoms with Crippen molar-refractivity contribution in [1.82, 2.24) is 9.80 Å². The molecule has 3 heterocycles. The smallest absolute Gasteiger partial charge is 0.254 e. The van der Waals surface area contributed by atoms with Crippen LogP contribution >= 0.6 is 11.3 Å². The molecule has 0 unspecified atom stereocenters. The highest BCUT2D eigenvalue weighted by Gasteiger charge is 2.45. The third-order valence-corrected chi connectivity index (χ3v) is 6.71. The summed E-state index contributed by atoms with van der Waals surface area (Å²) in [5.74, 6) is 0.226. The fourth-order valence-corrected chi connectivity index (χ4v) is 5.41. The van der Waals surface area contributed by atoms with Crippen molar-refractivity contribution in [2.45, 2.75) is 45.1 Å². The van der Waals surface area contributed by atoms with Gasteiger partial charge in [-0.3, -0.25) is 9.59 Å². The van der Waals surface area contributed by atoms with Gasteiger partial charge in [0.05, 0.1) is 12.0 Å². The Morgan fingerprint density at radius 3 is 2.54 bits per heavy atom. The van der Waals surface area contributed by atoms with Crippen molar-refractivity contribution < 1.29 is 9.59 Å². The average molecular weight is 397 g/mol. The summed E-state index contributed by atoms with van der Waals surface area (Å²) in [5.41, 5.74) is 1.58. The Hall–Kier alpha value is -2.14. The van der Waals surface area contributed by atoms with E-state index < -0.39 is 0 Å². The summed E-state index contributed by atoms with van der Waals surface area (Å²) in [7, 11) is 0. The molecular weight excluding hydrogens is 368 g/mol. The normalized spacial score (nSPS) is 22.5. The van der Waals surface area contributed by atoms with Gasteiger partial charge in [0.1, 0.15) is 0 Å². The Balaban J connectivity index is 1.83. The molecule has 5 heteroatoms. The molecule has 4 rings (SSSR count). The molecule has 0 aliphatic carbocycles. The largest absolute Gasteiger partial charge is 0.342 e. The number of piperidine rings is 1. The summed E-state index contributed by atoms with van der Waals surface area (Å²) in [6.07, 6.45) is 3.33. The zero-order chi connectivity index (χ0) is 19.7. The number of rotatable bonds is 4. The Labute approximate surface area is 171 Å². The zero-order valence-electron chi connectivity index (χ0n) is 16.6. The lowest BCUT2D eigenvalue weighted by molar-refractivity contribution is -0.135. The van der Waals surface area contributed by atoms with Crippen LogP contribution in [-0.2, 0) is 4.79 Å². The Kier molecular flexibility index (Phi) is 5.54. The van der Waals surface area contributed by atoms with Gasteiger partial charge >= 0.3 is 0 Å².